The van der Waals surface area contributed by atoms with Crippen LogP contribution in [0.4, 0.5) is 0 Å². The highest BCUT2D eigenvalue weighted by atomic mass is 16.4. The highest BCUT2D eigenvalue weighted by Crippen LogP contribution is 2.14. The van der Waals surface area contributed by atoms with Crippen molar-refractivity contribution in [3.05, 3.63) is 41.5 Å². The highest BCUT2D eigenvalue weighted by molar-refractivity contribution is 5.85. The average Bonchev–Trinajstić information content (AvgIpc) is 2.61. The first kappa shape index (κ1) is 10.4. The van der Waals surface area contributed by atoms with Crippen molar-refractivity contribution >= 4 is 5.97 Å². The van der Waals surface area contributed by atoms with Gasteiger partial charge in [0.15, 0.2) is 5.69 Å². The molecule has 5 heteroatoms. The topological polar surface area (TPSA) is 68.0 Å². The van der Waals surface area contributed by atoms with Gasteiger partial charge in [0.2, 0.25) is 0 Å². The normalized spacial score (nSPS) is 10.4. The smallest absolute Gasteiger partial charge is 0.356 e. The number of nitrogens with zero attached hydrogens (tertiary/aromatic N) is 3. The van der Waals surface area contributed by atoms with Gasteiger partial charge in [0, 0.05) is 11.9 Å². The molecule has 0 amide bonds. The van der Waals surface area contributed by atoms with Crippen molar-refractivity contribution in [3.8, 4) is 5.69 Å². The van der Waals surface area contributed by atoms with E-state index < -0.39 is 5.97 Å². The van der Waals surface area contributed by atoms with Crippen molar-refractivity contribution in [2.45, 2.75) is 13.8 Å². The van der Waals surface area contributed by atoms with Crippen LogP contribution in [0.5, 0.6) is 0 Å². The zero-order valence-electron chi connectivity index (χ0n) is 9.01. The Hall–Kier alpha value is -2.17. The fraction of sp³-hybridized carbons (Fsp3) is 0.182. The standard InChI is InChI=1S/C11H11N3O2/c1-7-6-9(11(15)16)13-14(7)10-4-3-5-12-8(10)2/h3-6H,1-2H3,(H,15,16). The predicted molar refractivity (Wildman–Crippen MR) is 57.8 cm³/mol. The molecule has 2 aromatic rings. The second kappa shape index (κ2) is 3.77. The molecule has 0 saturated heterocycles. The van der Waals surface area contributed by atoms with Crippen LogP contribution in [0.3, 0.4) is 0 Å². The van der Waals surface area contributed by atoms with E-state index in [0.717, 1.165) is 17.1 Å². The Labute approximate surface area is 92.4 Å². The van der Waals surface area contributed by atoms with Gasteiger partial charge >= 0.3 is 5.97 Å². The fourth-order valence-corrected chi connectivity index (χ4v) is 1.52. The lowest BCUT2D eigenvalue weighted by Gasteiger charge is -2.05. The van der Waals surface area contributed by atoms with Crippen LogP contribution in [-0.4, -0.2) is 25.8 Å². The van der Waals surface area contributed by atoms with Crippen LogP contribution in [0, 0.1) is 13.8 Å². The van der Waals surface area contributed by atoms with Gasteiger partial charge in [0.05, 0.1) is 11.4 Å². The third-order valence-electron chi connectivity index (χ3n) is 2.31. The van der Waals surface area contributed by atoms with Crippen LogP contribution in [-0.2, 0) is 0 Å². The predicted octanol–water partition coefficient (Wildman–Crippen LogP) is 1.58. The Morgan fingerprint density at radius 3 is 2.75 bits per heavy atom. The first-order valence-corrected chi connectivity index (χ1v) is 4.81. The summed E-state index contributed by atoms with van der Waals surface area (Å²) in [5.74, 6) is -1.02. The third-order valence-corrected chi connectivity index (χ3v) is 2.31. The number of carboxylic acids is 1. The molecule has 5 nitrogen and oxygen atoms in total. The third kappa shape index (κ3) is 1.67. The largest absolute Gasteiger partial charge is 0.476 e. The van der Waals surface area contributed by atoms with Crippen LogP contribution in [0.25, 0.3) is 5.69 Å². The van der Waals surface area contributed by atoms with Crippen molar-refractivity contribution in [1.29, 1.82) is 0 Å². The van der Waals surface area contributed by atoms with Crippen molar-refractivity contribution in [1.82, 2.24) is 14.8 Å². The molecule has 0 aromatic carbocycles. The van der Waals surface area contributed by atoms with Gasteiger partial charge in [0.1, 0.15) is 0 Å². The van der Waals surface area contributed by atoms with Crippen LogP contribution in [0.15, 0.2) is 24.4 Å². The van der Waals surface area contributed by atoms with E-state index in [-0.39, 0.29) is 5.69 Å². The molecule has 0 fully saturated rings. The first-order chi connectivity index (χ1) is 7.59. The molecule has 0 aliphatic heterocycles. The van der Waals surface area contributed by atoms with Crippen molar-refractivity contribution in [3.63, 3.8) is 0 Å². The number of aromatic nitrogens is 3. The molecule has 0 atom stereocenters. The van der Waals surface area contributed by atoms with E-state index in [2.05, 4.69) is 10.1 Å². The molecular weight excluding hydrogens is 206 g/mol. The van der Waals surface area contributed by atoms with Gasteiger partial charge in [-0.25, -0.2) is 9.48 Å². The average molecular weight is 217 g/mol. The minimum Gasteiger partial charge on any atom is -0.476 e. The molecular formula is C11H11N3O2. The van der Waals surface area contributed by atoms with E-state index in [1.165, 1.54) is 6.07 Å². The second-order valence-electron chi connectivity index (χ2n) is 3.50. The number of pyridine rings is 1. The summed E-state index contributed by atoms with van der Waals surface area (Å²) in [4.78, 5) is 14.9. The van der Waals surface area contributed by atoms with Crippen molar-refractivity contribution < 1.29 is 9.90 Å². The molecule has 1 N–H and O–H groups in total. The lowest BCUT2D eigenvalue weighted by molar-refractivity contribution is 0.0690. The summed E-state index contributed by atoms with van der Waals surface area (Å²) < 4.78 is 1.59. The summed E-state index contributed by atoms with van der Waals surface area (Å²) in [5, 5.41) is 12.9. The van der Waals surface area contributed by atoms with E-state index in [1.54, 1.807) is 16.9 Å². The Morgan fingerprint density at radius 2 is 2.19 bits per heavy atom. The Balaban J connectivity index is 2.57. The number of hydrogen-bond donors (Lipinski definition) is 1. The molecule has 0 unspecified atom stereocenters. The number of aryl methyl sites for hydroxylation is 2. The van der Waals surface area contributed by atoms with Gasteiger partial charge < -0.3 is 5.11 Å². The van der Waals surface area contributed by atoms with Crippen LogP contribution in [0.1, 0.15) is 21.9 Å². The number of aromatic carboxylic acids is 1. The quantitative estimate of drug-likeness (QED) is 0.829. The number of carboxylic acid groups (broad SMARTS) is 1. The van der Waals surface area contributed by atoms with Crippen molar-refractivity contribution in [2.24, 2.45) is 0 Å². The van der Waals surface area contributed by atoms with Crippen molar-refractivity contribution in [2.75, 3.05) is 0 Å². The van der Waals surface area contributed by atoms with E-state index >= 15 is 0 Å². The number of hydrogen-bond acceptors (Lipinski definition) is 3. The Morgan fingerprint density at radius 1 is 1.44 bits per heavy atom. The molecule has 0 radical (unpaired) electrons. The van der Waals surface area contributed by atoms with Crippen LogP contribution >= 0.6 is 0 Å². The summed E-state index contributed by atoms with van der Waals surface area (Å²) in [6.07, 6.45) is 1.69. The number of carbonyl (C=O) groups is 1. The molecule has 16 heavy (non-hydrogen) atoms. The second-order valence-corrected chi connectivity index (χ2v) is 3.50. The maximum absolute atomic E-state index is 10.8. The van der Waals surface area contributed by atoms with Gasteiger partial charge in [-0.15, -0.1) is 0 Å². The molecule has 0 aliphatic carbocycles. The molecule has 0 saturated carbocycles. The Bertz CT molecular complexity index is 546. The van der Waals surface area contributed by atoms with Gasteiger partial charge in [-0.2, -0.15) is 5.10 Å². The van der Waals surface area contributed by atoms with Crippen LogP contribution in [0.2, 0.25) is 0 Å². The zero-order chi connectivity index (χ0) is 11.7. The van der Waals surface area contributed by atoms with Gasteiger partial charge in [-0.1, -0.05) is 0 Å². The fourth-order valence-electron chi connectivity index (χ4n) is 1.52. The molecule has 0 bridgehead atoms. The molecule has 82 valence electrons. The van der Waals surface area contributed by atoms with E-state index in [0.29, 0.717) is 0 Å². The first-order valence-electron chi connectivity index (χ1n) is 4.81. The van der Waals surface area contributed by atoms with E-state index in [9.17, 15) is 4.79 Å². The minimum absolute atomic E-state index is 0.0424. The summed E-state index contributed by atoms with van der Waals surface area (Å²) in [7, 11) is 0. The zero-order valence-corrected chi connectivity index (χ0v) is 9.01. The summed E-state index contributed by atoms with van der Waals surface area (Å²) in [5.41, 5.74) is 2.42. The lowest BCUT2D eigenvalue weighted by atomic mass is 10.3. The minimum atomic E-state index is -1.02. The maximum atomic E-state index is 10.8. The van der Waals surface area contributed by atoms with Gasteiger partial charge in [-0.05, 0) is 32.0 Å². The summed E-state index contributed by atoms with van der Waals surface area (Å²) in [6, 6.07) is 5.19. The molecule has 2 aromatic heterocycles. The number of rotatable bonds is 2. The van der Waals surface area contributed by atoms with E-state index in [1.807, 2.05) is 19.9 Å². The maximum Gasteiger partial charge on any atom is 0.356 e. The molecule has 2 rings (SSSR count). The SMILES string of the molecule is Cc1ncccc1-n1nc(C(=O)O)cc1C. The summed E-state index contributed by atoms with van der Waals surface area (Å²) >= 11 is 0. The molecule has 0 spiro atoms. The molecule has 2 heterocycles. The van der Waals surface area contributed by atoms with Gasteiger partial charge in [-0.3, -0.25) is 4.98 Å². The molecule has 0 aliphatic rings. The Kier molecular flexibility index (Phi) is 2.44. The lowest BCUT2D eigenvalue weighted by Crippen LogP contribution is -2.04. The van der Waals surface area contributed by atoms with Crippen LogP contribution < -0.4 is 0 Å². The summed E-state index contributed by atoms with van der Waals surface area (Å²) in [6.45, 7) is 3.67. The highest BCUT2D eigenvalue weighted by Gasteiger charge is 2.12. The van der Waals surface area contributed by atoms with Gasteiger partial charge in [0.25, 0.3) is 0 Å². The van der Waals surface area contributed by atoms with E-state index in [4.69, 9.17) is 5.11 Å². The monoisotopic (exact) mass is 217 g/mol.